The van der Waals surface area contributed by atoms with Crippen molar-refractivity contribution in [3.05, 3.63) is 59.7 Å². The topological polar surface area (TPSA) is 66.9 Å². The van der Waals surface area contributed by atoms with Gasteiger partial charge in [0.25, 0.3) is 5.91 Å². The van der Waals surface area contributed by atoms with E-state index < -0.39 is 10.0 Å². The number of ether oxygens (including phenoxy) is 1. The second-order valence-corrected chi connectivity index (χ2v) is 8.04. The van der Waals surface area contributed by atoms with E-state index >= 15 is 0 Å². The van der Waals surface area contributed by atoms with Crippen molar-refractivity contribution in [3.63, 3.8) is 0 Å². The van der Waals surface area contributed by atoms with E-state index in [0.29, 0.717) is 25.4 Å². The van der Waals surface area contributed by atoms with Crippen LogP contribution in [0.1, 0.15) is 29.8 Å². The quantitative estimate of drug-likeness (QED) is 0.695. The number of nitrogens with zero attached hydrogens (tertiary/aromatic N) is 2. The average molecular weight is 391 g/mol. The van der Waals surface area contributed by atoms with Crippen LogP contribution in [0.15, 0.2) is 53.4 Å². The van der Waals surface area contributed by atoms with Crippen molar-refractivity contribution < 1.29 is 17.9 Å². The second kappa shape index (κ2) is 9.01. The molecule has 0 unspecified atom stereocenters. The number of hydrogen-bond acceptors (Lipinski definition) is 4. The first-order chi connectivity index (χ1) is 12.8. The Hall–Kier alpha value is -2.38. The van der Waals surface area contributed by atoms with Crippen molar-refractivity contribution in [3.8, 4) is 5.75 Å². The molecular weight excluding hydrogens is 364 g/mol. The predicted octanol–water partition coefficient (Wildman–Crippen LogP) is 3.00. The molecule has 0 saturated heterocycles. The smallest absolute Gasteiger partial charge is 0.257 e. The SMILES string of the molecule is CCN(CC)S(=O)(=O)c1ccc(OC)c(C(=O)N(C)Cc2ccccc2)c1. The average Bonchev–Trinajstić information content (AvgIpc) is 2.68. The van der Waals surface area contributed by atoms with E-state index in [0.717, 1.165) is 5.56 Å². The number of hydrogen-bond donors (Lipinski definition) is 0. The highest BCUT2D eigenvalue weighted by atomic mass is 32.2. The molecule has 0 spiro atoms. The molecule has 2 aromatic rings. The summed E-state index contributed by atoms with van der Waals surface area (Å²) in [7, 11) is -0.519. The molecule has 6 nitrogen and oxygen atoms in total. The fraction of sp³-hybridized carbons (Fsp3) is 0.350. The van der Waals surface area contributed by atoms with E-state index in [4.69, 9.17) is 4.74 Å². The van der Waals surface area contributed by atoms with E-state index in [1.165, 1.54) is 29.6 Å². The first kappa shape index (κ1) is 20.9. The summed E-state index contributed by atoms with van der Waals surface area (Å²) in [6.07, 6.45) is 0. The molecule has 27 heavy (non-hydrogen) atoms. The van der Waals surface area contributed by atoms with Gasteiger partial charge in [-0.3, -0.25) is 4.79 Å². The number of benzene rings is 2. The minimum absolute atomic E-state index is 0.0865. The molecule has 146 valence electrons. The van der Waals surface area contributed by atoms with Crippen LogP contribution in [-0.2, 0) is 16.6 Å². The third-order valence-corrected chi connectivity index (χ3v) is 6.40. The van der Waals surface area contributed by atoms with Crippen molar-refractivity contribution in [1.82, 2.24) is 9.21 Å². The Labute approximate surface area is 161 Å². The number of carbonyl (C=O) groups excluding carboxylic acids is 1. The molecule has 0 aliphatic heterocycles. The fourth-order valence-electron chi connectivity index (χ4n) is 2.86. The van der Waals surface area contributed by atoms with Gasteiger partial charge in [-0.1, -0.05) is 44.2 Å². The highest BCUT2D eigenvalue weighted by molar-refractivity contribution is 7.89. The minimum Gasteiger partial charge on any atom is -0.496 e. The first-order valence-corrected chi connectivity index (χ1v) is 10.3. The highest BCUT2D eigenvalue weighted by Crippen LogP contribution is 2.26. The largest absolute Gasteiger partial charge is 0.496 e. The van der Waals surface area contributed by atoms with Gasteiger partial charge >= 0.3 is 0 Å². The summed E-state index contributed by atoms with van der Waals surface area (Å²) >= 11 is 0. The van der Waals surface area contributed by atoms with Crippen LogP contribution in [0.3, 0.4) is 0 Å². The lowest BCUT2D eigenvalue weighted by Gasteiger charge is -2.21. The molecule has 0 N–H and O–H groups in total. The monoisotopic (exact) mass is 390 g/mol. The van der Waals surface area contributed by atoms with Crippen LogP contribution in [0.5, 0.6) is 5.75 Å². The van der Waals surface area contributed by atoms with Crippen LogP contribution in [-0.4, -0.2) is 50.8 Å². The standard InChI is InChI=1S/C20H26N2O4S/c1-5-22(6-2)27(24,25)17-12-13-19(26-4)18(14-17)20(23)21(3)15-16-10-8-7-9-11-16/h7-14H,5-6,15H2,1-4H3. The molecule has 2 aromatic carbocycles. The van der Waals surface area contributed by atoms with Crippen molar-refractivity contribution in [2.75, 3.05) is 27.2 Å². The molecule has 1 amide bonds. The maximum atomic E-state index is 13.0. The van der Waals surface area contributed by atoms with Gasteiger partial charge in [0.1, 0.15) is 5.75 Å². The van der Waals surface area contributed by atoms with Crippen LogP contribution < -0.4 is 4.74 Å². The summed E-state index contributed by atoms with van der Waals surface area (Å²) in [5.74, 6) is 0.0470. The van der Waals surface area contributed by atoms with E-state index in [1.54, 1.807) is 25.8 Å². The Morgan fingerprint density at radius 1 is 1.04 bits per heavy atom. The first-order valence-electron chi connectivity index (χ1n) is 8.82. The number of sulfonamides is 1. The van der Waals surface area contributed by atoms with E-state index in [1.807, 2.05) is 30.3 Å². The van der Waals surface area contributed by atoms with Gasteiger partial charge in [0.05, 0.1) is 17.6 Å². The lowest BCUT2D eigenvalue weighted by atomic mass is 10.1. The molecule has 0 bridgehead atoms. The Balaban J connectivity index is 2.38. The van der Waals surface area contributed by atoms with E-state index in [9.17, 15) is 13.2 Å². The number of rotatable bonds is 8. The Morgan fingerprint density at radius 3 is 2.22 bits per heavy atom. The fourth-order valence-corrected chi connectivity index (χ4v) is 4.35. The lowest BCUT2D eigenvalue weighted by molar-refractivity contribution is 0.0781. The Bertz CT molecular complexity index is 878. The number of carbonyl (C=O) groups is 1. The van der Waals surface area contributed by atoms with Crippen LogP contribution in [0.25, 0.3) is 0 Å². The number of methoxy groups -OCH3 is 1. The van der Waals surface area contributed by atoms with Crippen LogP contribution in [0, 0.1) is 0 Å². The summed E-state index contributed by atoms with van der Waals surface area (Å²) in [5.41, 5.74) is 1.21. The molecule has 0 aliphatic rings. The summed E-state index contributed by atoms with van der Waals surface area (Å²) in [6, 6.07) is 14.0. The van der Waals surface area contributed by atoms with Gasteiger partial charge in [-0.2, -0.15) is 4.31 Å². The van der Waals surface area contributed by atoms with Gasteiger partial charge in [-0.15, -0.1) is 0 Å². The summed E-state index contributed by atoms with van der Waals surface area (Å²) < 4.78 is 32.2. The van der Waals surface area contributed by atoms with Crippen molar-refractivity contribution in [2.24, 2.45) is 0 Å². The summed E-state index contributed by atoms with van der Waals surface area (Å²) in [6.45, 7) is 4.70. The van der Waals surface area contributed by atoms with Gasteiger partial charge in [0.2, 0.25) is 10.0 Å². The maximum absolute atomic E-state index is 13.0. The lowest BCUT2D eigenvalue weighted by Crippen LogP contribution is -2.31. The summed E-state index contributed by atoms with van der Waals surface area (Å²) in [5, 5.41) is 0. The van der Waals surface area contributed by atoms with Crippen molar-refractivity contribution >= 4 is 15.9 Å². The molecule has 7 heteroatoms. The van der Waals surface area contributed by atoms with Gasteiger partial charge in [-0.05, 0) is 23.8 Å². The molecular formula is C20H26N2O4S. The molecule has 0 saturated carbocycles. The van der Waals surface area contributed by atoms with Crippen molar-refractivity contribution in [2.45, 2.75) is 25.3 Å². The van der Waals surface area contributed by atoms with Crippen LogP contribution in [0.2, 0.25) is 0 Å². The Kier molecular flexibility index (Phi) is 6.98. The van der Waals surface area contributed by atoms with E-state index in [2.05, 4.69) is 0 Å². The maximum Gasteiger partial charge on any atom is 0.257 e. The molecule has 0 atom stereocenters. The zero-order chi connectivity index (χ0) is 20.0. The number of amides is 1. The minimum atomic E-state index is -3.66. The van der Waals surface area contributed by atoms with Gasteiger partial charge < -0.3 is 9.64 Å². The molecule has 2 rings (SSSR count). The van der Waals surface area contributed by atoms with Gasteiger partial charge in [0.15, 0.2) is 0 Å². The third kappa shape index (κ3) is 4.67. The molecule has 0 radical (unpaired) electrons. The summed E-state index contributed by atoms with van der Waals surface area (Å²) in [4.78, 5) is 14.6. The van der Waals surface area contributed by atoms with Crippen LogP contribution >= 0.6 is 0 Å². The zero-order valence-electron chi connectivity index (χ0n) is 16.2. The molecule has 0 fully saturated rings. The van der Waals surface area contributed by atoms with E-state index in [-0.39, 0.29) is 16.4 Å². The molecule has 0 aliphatic carbocycles. The molecule has 0 aromatic heterocycles. The van der Waals surface area contributed by atoms with Crippen LogP contribution in [0.4, 0.5) is 0 Å². The third-order valence-electron chi connectivity index (χ3n) is 4.35. The van der Waals surface area contributed by atoms with Gasteiger partial charge in [-0.25, -0.2) is 8.42 Å². The zero-order valence-corrected chi connectivity index (χ0v) is 17.0. The molecule has 0 heterocycles. The van der Waals surface area contributed by atoms with Gasteiger partial charge in [0, 0.05) is 26.7 Å². The highest BCUT2D eigenvalue weighted by Gasteiger charge is 2.25. The normalized spacial score (nSPS) is 11.4. The predicted molar refractivity (Wildman–Crippen MR) is 105 cm³/mol. The second-order valence-electron chi connectivity index (χ2n) is 6.10. The Morgan fingerprint density at radius 2 is 1.67 bits per heavy atom. The van der Waals surface area contributed by atoms with Crippen molar-refractivity contribution in [1.29, 1.82) is 0 Å².